The summed E-state index contributed by atoms with van der Waals surface area (Å²) in [4.78, 5) is 0. The number of aliphatic hydroxyl groups is 1. The van der Waals surface area contributed by atoms with Gasteiger partial charge < -0.3 is 19.0 Å². The molecule has 0 saturated heterocycles. The van der Waals surface area contributed by atoms with Crippen molar-refractivity contribution < 1.29 is 13.3 Å². The molecule has 1 aromatic rings. The van der Waals surface area contributed by atoms with Crippen LogP contribution in [0.4, 0.5) is 0 Å². The van der Waals surface area contributed by atoms with Crippen LogP contribution in [0, 0.1) is 0 Å². The summed E-state index contributed by atoms with van der Waals surface area (Å²) in [6.45, 7) is 2.66. The minimum absolute atomic E-state index is 0.0176. The smallest absolute Gasteiger partial charge is 0.132 e. The molecule has 0 amide bonds. The lowest BCUT2D eigenvalue weighted by atomic mass is 9.95. The van der Waals surface area contributed by atoms with Gasteiger partial charge in [0.25, 0.3) is 0 Å². The van der Waals surface area contributed by atoms with Gasteiger partial charge in [0, 0.05) is 11.5 Å². The molecule has 0 spiro atoms. The summed E-state index contributed by atoms with van der Waals surface area (Å²) in [7, 11) is 0. The van der Waals surface area contributed by atoms with E-state index in [9.17, 15) is 10.2 Å². The molecule has 4 N–H and O–H groups in total. The molecule has 5 heteroatoms. The number of halogens is 1. The quantitative estimate of drug-likeness (QED) is 0.569. The Labute approximate surface area is 109 Å². The number of phenols is 1. The molecule has 0 aliphatic heterocycles. The number of hydrogen-bond acceptors (Lipinski definition) is 4. The summed E-state index contributed by atoms with van der Waals surface area (Å²) in [6.07, 6.45) is -0.230. The average molecular weight is 337 g/mol. The van der Waals surface area contributed by atoms with E-state index < -0.39 is 6.23 Å². The molecule has 0 radical (unpaired) electrons. The van der Waals surface area contributed by atoms with Gasteiger partial charge in [0.15, 0.2) is 0 Å². The fraction of sp³-hybridized carbons (Fsp3) is 0.455. The Kier molecular flexibility index (Phi) is 5.47. The van der Waals surface area contributed by atoms with Crippen molar-refractivity contribution in [3.8, 4) is 5.75 Å². The van der Waals surface area contributed by atoms with Gasteiger partial charge >= 0.3 is 0 Å². The van der Waals surface area contributed by atoms with E-state index in [0.29, 0.717) is 12.2 Å². The van der Waals surface area contributed by atoms with Crippen LogP contribution in [0.5, 0.6) is 5.75 Å². The zero-order chi connectivity index (χ0) is 12.1. The van der Waals surface area contributed by atoms with Gasteiger partial charge in [0.1, 0.15) is 35.0 Å². The number of hydrogen-bond donors (Lipinski definition) is 3. The molecule has 1 rings (SSSR count). The minimum Gasteiger partial charge on any atom is -0.508 e. The lowest BCUT2D eigenvalue weighted by Crippen LogP contribution is -2.10. The predicted molar refractivity (Wildman–Crippen MR) is 70.3 cm³/mol. The second kappa shape index (κ2) is 6.39. The van der Waals surface area contributed by atoms with E-state index in [1.165, 1.54) is 0 Å². The van der Waals surface area contributed by atoms with Crippen molar-refractivity contribution in [3.05, 3.63) is 29.3 Å². The molecule has 0 heterocycles. The fourth-order valence-corrected chi connectivity index (χ4v) is 2.02. The Hall–Kier alpha value is -0.370. The van der Waals surface area contributed by atoms with Crippen LogP contribution < -0.4 is 5.73 Å². The standard InChI is InChI=1S/C11H16INO3/c1-2-7(6-16-12)8-3-4-10(14)9(5-8)11(13)15/h3-5,7,11,14-15H,2,6,13H2,1H3. The molecule has 2 unspecified atom stereocenters. The SMILES string of the molecule is CCC(COI)c1ccc(O)c(C(N)O)c1. The lowest BCUT2D eigenvalue weighted by Gasteiger charge is -2.16. The molecule has 0 aliphatic rings. The molecule has 16 heavy (non-hydrogen) atoms. The third-order valence-electron chi connectivity index (χ3n) is 2.60. The zero-order valence-corrected chi connectivity index (χ0v) is 11.2. The van der Waals surface area contributed by atoms with Gasteiger partial charge in [-0.3, -0.25) is 0 Å². The van der Waals surface area contributed by atoms with Crippen LogP contribution in [0.2, 0.25) is 0 Å². The third kappa shape index (κ3) is 3.31. The van der Waals surface area contributed by atoms with Crippen molar-refractivity contribution in [2.24, 2.45) is 5.73 Å². The summed E-state index contributed by atoms with van der Waals surface area (Å²) < 4.78 is 5.09. The van der Waals surface area contributed by atoms with Crippen LogP contribution in [0.15, 0.2) is 18.2 Å². The first-order valence-corrected chi connectivity index (χ1v) is 5.98. The molecule has 4 nitrogen and oxygen atoms in total. The maximum atomic E-state index is 9.52. The highest BCUT2D eigenvalue weighted by Crippen LogP contribution is 2.28. The van der Waals surface area contributed by atoms with Crippen LogP contribution in [-0.4, -0.2) is 16.8 Å². The van der Waals surface area contributed by atoms with E-state index >= 15 is 0 Å². The number of aliphatic hydroxyl groups excluding tert-OH is 1. The topological polar surface area (TPSA) is 75.7 Å². The van der Waals surface area contributed by atoms with E-state index in [1.54, 1.807) is 12.1 Å². The summed E-state index contributed by atoms with van der Waals surface area (Å²) >= 11 is 1.86. The number of benzene rings is 1. The zero-order valence-electron chi connectivity index (χ0n) is 9.06. The number of phenolic OH excluding ortho intramolecular Hbond substituents is 1. The lowest BCUT2D eigenvalue weighted by molar-refractivity contribution is 0.182. The molecule has 0 fully saturated rings. The van der Waals surface area contributed by atoms with Crippen molar-refractivity contribution >= 4 is 23.0 Å². The van der Waals surface area contributed by atoms with E-state index in [-0.39, 0.29) is 11.7 Å². The van der Waals surface area contributed by atoms with Gasteiger partial charge in [-0.2, -0.15) is 0 Å². The number of rotatable bonds is 5. The van der Waals surface area contributed by atoms with Crippen molar-refractivity contribution in [1.82, 2.24) is 0 Å². The second-order valence-electron chi connectivity index (χ2n) is 3.64. The highest BCUT2D eigenvalue weighted by atomic mass is 127. The van der Waals surface area contributed by atoms with Crippen molar-refractivity contribution in [3.63, 3.8) is 0 Å². The Morgan fingerprint density at radius 3 is 2.69 bits per heavy atom. The normalized spacial score (nSPS) is 14.8. The van der Waals surface area contributed by atoms with Crippen LogP contribution in [0.25, 0.3) is 0 Å². The Morgan fingerprint density at radius 1 is 1.50 bits per heavy atom. The highest BCUT2D eigenvalue weighted by Gasteiger charge is 2.14. The summed E-state index contributed by atoms with van der Waals surface area (Å²) in [6, 6.07) is 5.10. The summed E-state index contributed by atoms with van der Waals surface area (Å²) in [5.74, 6) is 0.263. The average Bonchev–Trinajstić information content (AvgIpc) is 2.26. The van der Waals surface area contributed by atoms with E-state index in [2.05, 4.69) is 6.92 Å². The van der Waals surface area contributed by atoms with Gasteiger partial charge in [0.05, 0.1) is 6.61 Å². The Bertz CT molecular complexity index is 344. The highest BCUT2D eigenvalue weighted by molar-refractivity contribution is 14.1. The first-order chi connectivity index (χ1) is 7.60. The molecule has 0 saturated carbocycles. The van der Waals surface area contributed by atoms with Gasteiger partial charge in [-0.25, -0.2) is 0 Å². The maximum Gasteiger partial charge on any atom is 0.132 e. The molecule has 90 valence electrons. The molecule has 1 aromatic carbocycles. The van der Waals surface area contributed by atoms with Gasteiger partial charge in [0.2, 0.25) is 0 Å². The predicted octanol–water partition coefficient (Wildman–Crippen LogP) is 2.20. The maximum absolute atomic E-state index is 9.52. The number of aromatic hydroxyl groups is 1. The monoisotopic (exact) mass is 337 g/mol. The summed E-state index contributed by atoms with van der Waals surface area (Å²) in [5.41, 5.74) is 6.72. The fourth-order valence-electron chi connectivity index (χ4n) is 1.59. The van der Waals surface area contributed by atoms with Crippen LogP contribution in [-0.2, 0) is 3.07 Å². The molecular weight excluding hydrogens is 321 g/mol. The molecule has 0 bridgehead atoms. The van der Waals surface area contributed by atoms with Crippen LogP contribution in [0.3, 0.4) is 0 Å². The summed E-state index contributed by atoms with van der Waals surface area (Å²) in [5, 5.41) is 18.8. The van der Waals surface area contributed by atoms with E-state index in [1.807, 2.05) is 29.1 Å². The van der Waals surface area contributed by atoms with E-state index in [4.69, 9.17) is 8.80 Å². The Morgan fingerprint density at radius 2 is 2.19 bits per heavy atom. The molecule has 2 atom stereocenters. The second-order valence-corrected chi connectivity index (χ2v) is 4.27. The van der Waals surface area contributed by atoms with E-state index in [0.717, 1.165) is 12.0 Å². The van der Waals surface area contributed by atoms with Gasteiger partial charge in [-0.1, -0.05) is 13.0 Å². The first-order valence-electron chi connectivity index (χ1n) is 5.10. The molecule has 0 aliphatic carbocycles. The molecule has 0 aromatic heterocycles. The first kappa shape index (κ1) is 13.7. The van der Waals surface area contributed by atoms with Crippen molar-refractivity contribution in [2.45, 2.75) is 25.5 Å². The Balaban J connectivity index is 3.00. The van der Waals surface area contributed by atoms with Gasteiger partial charge in [-0.15, -0.1) is 0 Å². The third-order valence-corrected chi connectivity index (χ3v) is 2.96. The van der Waals surface area contributed by atoms with Gasteiger partial charge in [-0.05, 0) is 24.1 Å². The van der Waals surface area contributed by atoms with Crippen LogP contribution >= 0.6 is 23.0 Å². The molecular formula is C11H16INO3. The van der Waals surface area contributed by atoms with Crippen molar-refractivity contribution in [1.29, 1.82) is 0 Å². The van der Waals surface area contributed by atoms with Crippen LogP contribution in [0.1, 0.15) is 36.6 Å². The van der Waals surface area contributed by atoms with Crippen molar-refractivity contribution in [2.75, 3.05) is 6.61 Å². The minimum atomic E-state index is -1.15. The number of nitrogens with two attached hydrogens (primary N) is 1. The largest absolute Gasteiger partial charge is 0.508 e.